The molecule has 8 heteroatoms. The van der Waals surface area contributed by atoms with E-state index in [2.05, 4.69) is 10.3 Å². The maximum atomic E-state index is 13.3. The third-order valence-corrected chi connectivity index (χ3v) is 6.79. The van der Waals surface area contributed by atoms with E-state index in [4.69, 9.17) is 0 Å². The average Bonchev–Trinajstić information content (AvgIpc) is 3.05. The Bertz CT molecular complexity index is 917. The molecular formula is C23H27FN4O2S. The zero-order chi connectivity index (χ0) is 21.8. The summed E-state index contributed by atoms with van der Waals surface area (Å²) in [6.07, 6.45) is 5.71. The maximum Gasteiger partial charge on any atom is 0.272 e. The number of hydrogen-bond acceptors (Lipinski definition) is 5. The second-order valence-electron chi connectivity index (χ2n) is 8.07. The molecule has 0 aliphatic carbocycles. The molecule has 2 amide bonds. The number of nitrogens with one attached hydrogen (secondary N) is 1. The Morgan fingerprint density at radius 1 is 1.23 bits per heavy atom. The lowest BCUT2D eigenvalue weighted by Crippen LogP contribution is -2.59. The molecule has 1 aromatic carbocycles. The van der Waals surface area contributed by atoms with E-state index in [1.165, 1.54) is 12.1 Å². The highest BCUT2D eigenvalue weighted by Crippen LogP contribution is 2.35. The number of aromatic nitrogens is 1. The Morgan fingerprint density at radius 2 is 1.97 bits per heavy atom. The topological polar surface area (TPSA) is 65.5 Å². The van der Waals surface area contributed by atoms with E-state index in [0.717, 1.165) is 17.7 Å². The first kappa shape index (κ1) is 21.8. The predicted molar refractivity (Wildman–Crippen MR) is 119 cm³/mol. The zero-order valence-corrected chi connectivity index (χ0v) is 18.4. The highest BCUT2D eigenvalue weighted by molar-refractivity contribution is 7.98. The first-order chi connectivity index (χ1) is 15.0. The van der Waals surface area contributed by atoms with Gasteiger partial charge in [0.05, 0.1) is 11.7 Å². The molecule has 2 saturated heterocycles. The number of pyridine rings is 1. The molecule has 1 unspecified atom stereocenters. The minimum atomic E-state index is -0.491. The van der Waals surface area contributed by atoms with Gasteiger partial charge in [-0.25, -0.2) is 4.39 Å². The van der Waals surface area contributed by atoms with Crippen LogP contribution in [-0.2, 0) is 11.3 Å². The van der Waals surface area contributed by atoms with E-state index in [1.807, 2.05) is 22.1 Å². The SMILES string of the molecule is CSCCC1NC2(CCN(C(=O)c3ccccn3)CC2)N(Cc2ccc(F)cc2)C1=O. The third-order valence-electron chi connectivity index (χ3n) is 6.15. The smallest absolute Gasteiger partial charge is 0.272 e. The van der Waals surface area contributed by atoms with E-state index in [1.54, 1.807) is 42.2 Å². The molecule has 31 heavy (non-hydrogen) atoms. The number of carbonyl (C=O) groups excluding carboxylic acids is 2. The summed E-state index contributed by atoms with van der Waals surface area (Å²) in [5, 5.41) is 3.61. The summed E-state index contributed by atoms with van der Waals surface area (Å²) >= 11 is 1.72. The number of amides is 2. The summed E-state index contributed by atoms with van der Waals surface area (Å²) in [5.41, 5.74) is 0.846. The fraction of sp³-hybridized carbons (Fsp3) is 0.435. The van der Waals surface area contributed by atoms with Crippen molar-refractivity contribution >= 4 is 23.6 Å². The van der Waals surface area contributed by atoms with Crippen molar-refractivity contribution in [2.45, 2.75) is 37.5 Å². The van der Waals surface area contributed by atoms with Crippen LogP contribution < -0.4 is 5.32 Å². The van der Waals surface area contributed by atoms with Gasteiger partial charge in [0.1, 0.15) is 11.5 Å². The highest BCUT2D eigenvalue weighted by atomic mass is 32.2. The summed E-state index contributed by atoms with van der Waals surface area (Å²) in [7, 11) is 0. The van der Waals surface area contributed by atoms with Crippen LogP contribution in [0.5, 0.6) is 0 Å². The highest BCUT2D eigenvalue weighted by Gasteiger charge is 2.51. The van der Waals surface area contributed by atoms with Gasteiger partial charge >= 0.3 is 0 Å². The lowest BCUT2D eigenvalue weighted by molar-refractivity contribution is -0.134. The normalized spacial score (nSPS) is 20.5. The fourth-order valence-electron chi connectivity index (χ4n) is 4.44. The van der Waals surface area contributed by atoms with Crippen molar-refractivity contribution in [2.24, 2.45) is 0 Å². The van der Waals surface area contributed by atoms with E-state index < -0.39 is 5.66 Å². The van der Waals surface area contributed by atoms with Crippen molar-refractivity contribution in [1.82, 2.24) is 20.1 Å². The van der Waals surface area contributed by atoms with Crippen LogP contribution >= 0.6 is 11.8 Å². The van der Waals surface area contributed by atoms with Gasteiger partial charge in [0.25, 0.3) is 5.91 Å². The van der Waals surface area contributed by atoms with Crippen molar-refractivity contribution in [2.75, 3.05) is 25.1 Å². The Hall–Kier alpha value is -2.45. The molecule has 1 atom stereocenters. The van der Waals surface area contributed by atoms with Gasteiger partial charge in [-0.15, -0.1) is 0 Å². The molecule has 0 radical (unpaired) electrons. The van der Waals surface area contributed by atoms with Crippen LogP contribution in [0.4, 0.5) is 4.39 Å². The summed E-state index contributed by atoms with van der Waals surface area (Å²) in [5.74, 6) is 0.615. The lowest BCUT2D eigenvalue weighted by Gasteiger charge is -2.44. The van der Waals surface area contributed by atoms with Gasteiger partial charge < -0.3 is 9.80 Å². The number of hydrogen-bond donors (Lipinski definition) is 1. The Labute approximate surface area is 186 Å². The van der Waals surface area contributed by atoms with Crippen molar-refractivity contribution < 1.29 is 14.0 Å². The number of likely N-dealkylation sites (tertiary alicyclic amines) is 1. The van der Waals surface area contributed by atoms with E-state index >= 15 is 0 Å². The van der Waals surface area contributed by atoms with Gasteiger partial charge in [-0.05, 0) is 48.3 Å². The molecular weight excluding hydrogens is 415 g/mol. The molecule has 6 nitrogen and oxygen atoms in total. The van der Waals surface area contributed by atoms with E-state index in [0.29, 0.717) is 38.2 Å². The maximum absolute atomic E-state index is 13.3. The summed E-state index contributed by atoms with van der Waals surface area (Å²) in [4.78, 5) is 34.0. The Kier molecular flexibility index (Phi) is 6.57. The second-order valence-corrected chi connectivity index (χ2v) is 9.05. The largest absolute Gasteiger partial charge is 0.337 e. The fourth-order valence-corrected chi connectivity index (χ4v) is 4.91. The van der Waals surface area contributed by atoms with Crippen molar-refractivity contribution in [3.05, 3.63) is 65.7 Å². The van der Waals surface area contributed by atoms with Crippen LogP contribution in [0, 0.1) is 5.82 Å². The first-order valence-electron chi connectivity index (χ1n) is 10.6. The van der Waals surface area contributed by atoms with Gasteiger partial charge in [0, 0.05) is 38.7 Å². The first-order valence-corrected chi connectivity index (χ1v) is 11.9. The number of halogens is 1. The molecule has 0 bridgehead atoms. The number of piperidine rings is 1. The number of rotatable bonds is 6. The number of carbonyl (C=O) groups is 2. The minimum Gasteiger partial charge on any atom is -0.337 e. The molecule has 164 valence electrons. The van der Waals surface area contributed by atoms with Gasteiger partial charge in [-0.3, -0.25) is 19.9 Å². The van der Waals surface area contributed by atoms with Crippen molar-refractivity contribution in [3.63, 3.8) is 0 Å². The van der Waals surface area contributed by atoms with Crippen molar-refractivity contribution in [3.8, 4) is 0 Å². The van der Waals surface area contributed by atoms with Crippen LogP contribution in [-0.4, -0.2) is 63.4 Å². The van der Waals surface area contributed by atoms with Crippen LogP contribution in [0.3, 0.4) is 0 Å². The van der Waals surface area contributed by atoms with Gasteiger partial charge in [0.15, 0.2) is 0 Å². The average molecular weight is 443 g/mol. The summed E-state index contributed by atoms with van der Waals surface area (Å²) in [6, 6.07) is 11.4. The van der Waals surface area contributed by atoms with E-state index in [-0.39, 0.29) is 23.7 Å². The molecule has 2 aromatic rings. The molecule has 4 rings (SSSR count). The molecule has 0 saturated carbocycles. The van der Waals surface area contributed by atoms with Crippen LogP contribution in [0.15, 0.2) is 48.7 Å². The minimum absolute atomic E-state index is 0.0798. The van der Waals surface area contributed by atoms with Crippen LogP contribution in [0.2, 0.25) is 0 Å². The second kappa shape index (κ2) is 9.36. The summed E-state index contributed by atoms with van der Waals surface area (Å²) in [6.45, 7) is 1.52. The number of nitrogens with zero attached hydrogens (tertiary/aromatic N) is 3. The molecule has 2 fully saturated rings. The monoisotopic (exact) mass is 442 g/mol. The molecule has 1 spiro atoms. The number of benzene rings is 1. The third kappa shape index (κ3) is 4.60. The Balaban J connectivity index is 1.51. The van der Waals surface area contributed by atoms with E-state index in [9.17, 15) is 14.0 Å². The molecule has 1 aromatic heterocycles. The van der Waals surface area contributed by atoms with Crippen molar-refractivity contribution in [1.29, 1.82) is 0 Å². The molecule has 2 aliphatic heterocycles. The molecule has 2 aliphatic rings. The van der Waals surface area contributed by atoms with Crippen LogP contribution in [0.25, 0.3) is 0 Å². The van der Waals surface area contributed by atoms with Gasteiger partial charge in [-0.1, -0.05) is 18.2 Å². The Morgan fingerprint density at radius 3 is 2.61 bits per heavy atom. The standard InChI is InChI=1S/C23H27FN4O2S/c1-31-15-9-20-22(30)28(16-17-5-7-18(24)8-6-17)23(26-20)10-13-27(14-11-23)21(29)19-4-2-3-12-25-19/h2-8,12,20,26H,9-11,13-16H2,1H3. The predicted octanol–water partition coefficient (Wildman–Crippen LogP) is 2.91. The molecule has 3 heterocycles. The van der Waals surface area contributed by atoms with Gasteiger partial charge in [0.2, 0.25) is 5.91 Å². The quantitative estimate of drug-likeness (QED) is 0.745. The zero-order valence-electron chi connectivity index (χ0n) is 17.6. The lowest BCUT2D eigenvalue weighted by atomic mass is 9.95. The summed E-state index contributed by atoms with van der Waals surface area (Å²) < 4.78 is 13.3. The number of thioether (sulfide) groups is 1. The van der Waals surface area contributed by atoms with Gasteiger partial charge in [-0.2, -0.15) is 11.8 Å². The molecule has 1 N–H and O–H groups in total. The van der Waals surface area contributed by atoms with Crippen LogP contribution in [0.1, 0.15) is 35.3 Å².